The molecule has 56 valence electrons. The molecule has 0 aliphatic carbocycles. The van der Waals surface area contributed by atoms with Gasteiger partial charge in [0.25, 0.3) is 0 Å². The predicted molar refractivity (Wildman–Crippen MR) is 43.8 cm³/mol. The van der Waals surface area contributed by atoms with E-state index in [1.54, 1.807) is 6.26 Å². The van der Waals surface area contributed by atoms with Crippen LogP contribution in [0.15, 0.2) is 22.9 Å². The number of aryl methyl sites for hydroxylation is 1. The number of hydrogen-bond donors (Lipinski definition) is 0. The molecule has 0 aliphatic heterocycles. The largest absolute Gasteiger partial charge is 0.363 e. The fourth-order valence-corrected chi connectivity index (χ4v) is 1.39. The second-order valence-corrected chi connectivity index (χ2v) is 2.91. The molecular formula is C8H6ClNO. The highest BCUT2D eigenvalue weighted by Crippen LogP contribution is 2.21. The summed E-state index contributed by atoms with van der Waals surface area (Å²) in [6, 6.07) is 3.70. The van der Waals surface area contributed by atoms with Crippen molar-refractivity contribution >= 4 is 22.5 Å². The fraction of sp³-hybridized carbons (Fsp3) is 0.125. The van der Waals surface area contributed by atoms with Crippen LogP contribution in [-0.4, -0.2) is 5.16 Å². The molecule has 0 unspecified atom stereocenters. The normalized spacial score (nSPS) is 10.7. The number of halogens is 1. The summed E-state index contributed by atoms with van der Waals surface area (Å²) < 4.78 is 4.79. The molecule has 2 nitrogen and oxygen atoms in total. The molecule has 0 radical (unpaired) electrons. The van der Waals surface area contributed by atoms with E-state index in [0.717, 1.165) is 21.5 Å². The lowest BCUT2D eigenvalue weighted by molar-refractivity contribution is 0.428. The first-order chi connectivity index (χ1) is 5.27. The van der Waals surface area contributed by atoms with Crippen molar-refractivity contribution in [3.63, 3.8) is 0 Å². The minimum absolute atomic E-state index is 0.721. The van der Waals surface area contributed by atoms with Crippen LogP contribution in [0.3, 0.4) is 0 Å². The SMILES string of the molecule is Cc1cc(Cl)cc2conc12. The zero-order chi connectivity index (χ0) is 7.84. The van der Waals surface area contributed by atoms with E-state index >= 15 is 0 Å². The molecule has 0 aliphatic rings. The monoisotopic (exact) mass is 167 g/mol. The third-order valence-corrected chi connectivity index (χ3v) is 1.84. The lowest BCUT2D eigenvalue weighted by Crippen LogP contribution is -1.75. The molecule has 1 aromatic heterocycles. The first-order valence-corrected chi connectivity index (χ1v) is 3.65. The molecule has 0 bridgehead atoms. The van der Waals surface area contributed by atoms with E-state index in [4.69, 9.17) is 16.1 Å². The summed E-state index contributed by atoms with van der Waals surface area (Å²) in [5.41, 5.74) is 1.93. The second-order valence-electron chi connectivity index (χ2n) is 2.48. The highest BCUT2D eigenvalue weighted by Gasteiger charge is 2.01. The summed E-state index contributed by atoms with van der Waals surface area (Å²) in [6.45, 7) is 1.96. The van der Waals surface area contributed by atoms with E-state index < -0.39 is 0 Å². The average Bonchev–Trinajstić information content (AvgIpc) is 2.34. The summed E-state index contributed by atoms with van der Waals surface area (Å²) in [5.74, 6) is 0. The maximum absolute atomic E-state index is 5.81. The number of aromatic nitrogens is 1. The number of rotatable bonds is 0. The Labute approximate surface area is 68.7 Å². The van der Waals surface area contributed by atoms with Crippen molar-refractivity contribution in [1.82, 2.24) is 5.16 Å². The van der Waals surface area contributed by atoms with Gasteiger partial charge in [-0.1, -0.05) is 16.8 Å². The zero-order valence-electron chi connectivity index (χ0n) is 5.97. The third kappa shape index (κ3) is 0.994. The number of benzene rings is 1. The van der Waals surface area contributed by atoms with Crippen molar-refractivity contribution in [2.45, 2.75) is 6.92 Å². The van der Waals surface area contributed by atoms with Gasteiger partial charge in [-0.15, -0.1) is 0 Å². The molecule has 0 saturated carbocycles. The van der Waals surface area contributed by atoms with Crippen LogP contribution in [-0.2, 0) is 0 Å². The summed E-state index contributed by atoms with van der Waals surface area (Å²) in [7, 11) is 0. The van der Waals surface area contributed by atoms with Crippen LogP contribution in [0, 0.1) is 6.92 Å². The smallest absolute Gasteiger partial charge is 0.131 e. The summed E-state index contributed by atoms with van der Waals surface area (Å²) in [4.78, 5) is 0. The molecular weight excluding hydrogens is 162 g/mol. The Balaban J connectivity index is 2.91. The van der Waals surface area contributed by atoms with Gasteiger partial charge in [0.2, 0.25) is 0 Å². The number of fused-ring (bicyclic) bond motifs is 1. The van der Waals surface area contributed by atoms with Crippen LogP contribution >= 0.6 is 11.6 Å². The maximum Gasteiger partial charge on any atom is 0.131 e. The quantitative estimate of drug-likeness (QED) is 0.603. The summed E-state index contributed by atoms with van der Waals surface area (Å²) in [6.07, 6.45) is 1.59. The van der Waals surface area contributed by atoms with Gasteiger partial charge in [-0.3, -0.25) is 0 Å². The Morgan fingerprint density at radius 1 is 1.45 bits per heavy atom. The maximum atomic E-state index is 5.81. The molecule has 1 aromatic carbocycles. The lowest BCUT2D eigenvalue weighted by Gasteiger charge is -1.92. The van der Waals surface area contributed by atoms with Gasteiger partial charge < -0.3 is 4.52 Å². The molecule has 0 amide bonds. The minimum atomic E-state index is 0.721. The van der Waals surface area contributed by atoms with E-state index in [-0.39, 0.29) is 0 Å². The van der Waals surface area contributed by atoms with Crippen LogP contribution < -0.4 is 0 Å². The Morgan fingerprint density at radius 2 is 2.27 bits per heavy atom. The molecule has 2 aromatic rings. The fourth-order valence-electron chi connectivity index (χ4n) is 1.11. The van der Waals surface area contributed by atoms with Crippen LogP contribution in [0.1, 0.15) is 5.56 Å². The van der Waals surface area contributed by atoms with Crippen molar-refractivity contribution in [1.29, 1.82) is 0 Å². The minimum Gasteiger partial charge on any atom is -0.363 e. The highest BCUT2D eigenvalue weighted by atomic mass is 35.5. The van der Waals surface area contributed by atoms with E-state index in [0.29, 0.717) is 0 Å². The van der Waals surface area contributed by atoms with Gasteiger partial charge in [-0.05, 0) is 24.6 Å². The molecule has 0 N–H and O–H groups in total. The van der Waals surface area contributed by atoms with Crippen molar-refractivity contribution in [3.8, 4) is 0 Å². The van der Waals surface area contributed by atoms with Crippen molar-refractivity contribution in [2.75, 3.05) is 0 Å². The Bertz CT molecular complexity index is 394. The van der Waals surface area contributed by atoms with Gasteiger partial charge >= 0.3 is 0 Å². The number of hydrogen-bond acceptors (Lipinski definition) is 2. The second kappa shape index (κ2) is 2.24. The molecule has 0 fully saturated rings. The van der Waals surface area contributed by atoms with E-state index in [1.807, 2.05) is 19.1 Å². The molecule has 0 spiro atoms. The van der Waals surface area contributed by atoms with Crippen molar-refractivity contribution < 1.29 is 4.52 Å². The lowest BCUT2D eigenvalue weighted by atomic mass is 10.2. The average molecular weight is 168 g/mol. The van der Waals surface area contributed by atoms with Gasteiger partial charge in [0.1, 0.15) is 11.8 Å². The summed E-state index contributed by atoms with van der Waals surface area (Å²) in [5, 5.41) is 5.50. The highest BCUT2D eigenvalue weighted by molar-refractivity contribution is 6.31. The molecule has 11 heavy (non-hydrogen) atoms. The molecule has 3 heteroatoms. The zero-order valence-corrected chi connectivity index (χ0v) is 6.72. The van der Waals surface area contributed by atoms with Gasteiger partial charge in [0.15, 0.2) is 0 Å². The topological polar surface area (TPSA) is 26.0 Å². The van der Waals surface area contributed by atoms with Crippen molar-refractivity contribution in [3.05, 3.63) is 29.0 Å². The van der Waals surface area contributed by atoms with Gasteiger partial charge in [0.05, 0.1) is 0 Å². The first kappa shape index (κ1) is 6.68. The van der Waals surface area contributed by atoms with Gasteiger partial charge in [-0.2, -0.15) is 0 Å². The van der Waals surface area contributed by atoms with Gasteiger partial charge in [0, 0.05) is 10.4 Å². The van der Waals surface area contributed by atoms with E-state index in [9.17, 15) is 0 Å². The van der Waals surface area contributed by atoms with Crippen LogP contribution in [0.4, 0.5) is 0 Å². The predicted octanol–water partition coefficient (Wildman–Crippen LogP) is 2.79. The van der Waals surface area contributed by atoms with Gasteiger partial charge in [-0.25, -0.2) is 0 Å². The Kier molecular flexibility index (Phi) is 1.36. The van der Waals surface area contributed by atoms with E-state index in [2.05, 4.69) is 5.16 Å². The molecule has 2 rings (SSSR count). The van der Waals surface area contributed by atoms with Crippen LogP contribution in [0.5, 0.6) is 0 Å². The Hall–Kier alpha value is -1.02. The van der Waals surface area contributed by atoms with Crippen LogP contribution in [0.25, 0.3) is 10.9 Å². The third-order valence-electron chi connectivity index (χ3n) is 1.62. The molecule has 1 heterocycles. The Morgan fingerprint density at radius 3 is 3.09 bits per heavy atom. The van der Waals surface area contributed by atoms with E-state index in [1.165, 1.54) is 0 Å². The number of nitrogens with zero attached hydrogens (tertiary/aromatic N) is 1. The standard InChI is InChI=1S/C8H6ClNO/c1-5-2-7(9)3-6-4-11-10-8(5)6/h2-4H,1H3. The first-order valence-electron chi connectivity index (χ1n) is 3.27. The summed E-state index contributed by atoms with van der Waals surface area (Å²) >= 11 is 5.81. The van der Waals surface area contributed by atoms with Crippen LogP contribution in [0.2, 0.25) is 5.02 Å². The molecule has 0 atom stereocenters. The van der Waals surface area contributed by atoms with Crippen molar-refractivity contribution in [2.24, 2.45) is 0 Å². The molecule has 0 saturated heterocycles.